The normalized spacial score (nSPS) is 10.3. The second kappa shape index (κ2) is 3.61. The smallest absolute Gasteiger partial charge is 0.219 e. The number of nitrogen functional groups attached to an aromatic ring is 1. The fourth-order valence-electron chi connectivity index (χ4n) is 1.20. The minimum atomic E-state index is -0.523. The first-order valence-corrected chi connectivity index (χ1v) is 4.20. The van der Waals surface area contributed by atoms with Crippen LogP contribution in [0.3, 0.4) is 0 Å². The van der Waals surface area contributed by atoms with Crippen molar-refractivity contribution in [2.24, 2.45) is 0 Å². The van der Waals surface area contributed by atoms with E-state index in [1.165, 1.54) is 12.4 Å². The van der Waals surface area contributed by atoms with E-state index in [-0.39, 0.29) is 11.5 Å². The van der Waals surface area contributed by atoms with Crippen molar-refractivity contribution < 1.29 is 8.78 Å². The summed E-state index contributed by atoms with van der Waals surface area (Å²) in [6, 6.07) is 3.20. The Morgan fingerprint density at radius 3 is 2.40 bits per heavy atom. The van der Waals surface area contributed by atoms with Crippen LogP contribution in [0.2, 0.25) is 0 Å². The van der Waals surface area contributed by atoms with Crippen LogP contribution < -0.4 is 5.73 Å². The van der Waals surface area contributed by atoms with Crippen LogP contribution >= 0.6 is 0 Å². The Balaban J connectivity index is 2.53. The molecule has 2 aromatic rings. The van der Waals surface area contributed by atoms with E-state index in [1.54, 1.807) is 0 Å². The zero-order valence-electron chi connectivity index (χ0n) is 7.61. The molecule has 76 valence electrons. The van der Waals surface area contributed by atoms with Crippen molar-refractivity contribution in [3.8, 4) is 11.1 Å². The van der Waals surface area contributed by atoms with Crippen molar-refractivity contribution in [3.63, 3.8) is 0 Å². The number of rotatable bonds is 1. The van der Waals surface area contributed by atoms with Gasteiger partial charge in [-0.25, -0.2) is 18.7 Å². The van der Waals surface area contributed by atoms with E-state index in [9.17, 15) is 8.78 Å². The molecule has 1 aromatic carbocycles. The molecule has 1 aromatic heterocycles. The second-order valence-corrected chi connectivity index (χ2v) is 2.95. The topological polar surface area (TPSA) is 51.8 Å². The van der Waals surface area contributed by atoms with Gasteiger partial charge in [0.2, 0.25) is 5.95 Å². The maximum absolute atomic E-state index is 13.3. The first-order chi connectivity index (χ1) is 7.16. The largest absolute Gasteiger partial charge is 0.368 e. The van der Waals surface area contributed by atoms with Gasteiger partial charge >= 0.3 is 0 Å². The fourth-order valence-corrected chi connectivity index (χ4v) is 1.20. The lowest BCUT2D eigenvalue weighted by atomic mass is 10.1. The molecule has 0 atom stereocenters. The molecule has 0 bridgehead atoms. The fraction of sp³-hybridized carbons (Fsp3) is 0. The Labute approximate surface area is 84.6 Å². The van der Waals surface area contributed by atoms with E-state index in [2.05, 4.69) is 9.97 Å². The van der Waals surface area contributed by atoms with Gasteiger partial charge in [-0.1, -0.05) is 0 Å². The van der Waals surface area contributed by atoms with Gasteiger partial charge in [0.05, 0.1) is 0 Å². The molecule has 0 aliphatic rings. The standard InChI is InChI=1S/C10H7F2N3/c11-7-1-2-9(12)8(3-7)6-4-14-10(13)15-5-6/h1-5H,(H2,13,14,15). The molecule has 0 aliphatic heterocycles. The Morgan fingerprint density at radius 2 is 1.73 bits per heavy atom. The van der Waals surface area contributed by atoms with Gasteiger partial charge in [-0.3, -0.25) is 0 Å². The van der Waals surface area contributed by atoms with Crippen LogP contribution in [0.4, 0.5) is 14.7 Å². The summed E-state index contributed by atoms with van der Waals surface area (Å²) < 4.78 is 26.2. The molecule has 3 nitrogen and oxygen atoms in total. The number of nitrogens with two attached hydrogens (primary N) is 1. The van der Waals surface area contributed by atoms with E-state index >= 15 is 0 Å². The number of benzene rings is 1. The quantitative estimate of drug-likeness (QED) is 0.778. The molecule has 0 spiro atoms. The summed E-state index contributed by atoms with van der Waals surface area (Å²) in [4.78, 5) is 7.41. The second-order valence-electron chi connectivity index (χ2n) is 2.95. The predicted octanol–water partition coefficient (Wildman–Crippen LogP) is 2.00. The third-order valence-electron chi connectivity index (χ3n) is 1.91. The molecule has 0 unspecified atom stereocenters. The van der Waals surface area contributed by atoms with Gasteiger partial charge in [-0.05, 0) is 18.2 Å². The average molecular weight is 207 g/mol. The van der Waals surface area contributed by atoms with Crippen molar-refractivity contribution in [1.82, 2.24) is 9.97 Å². The molecule has 0 amide bonds. The van der Waals surface area contributed by atoms with Gasteiger partial charge in [0.1, 0.15) is 11.6 Å². The van der Waals surface area contributed by atoms with Crippen molar-refractivity contribution in [1.29, 1.82) is 0 Å². The van der Waals surface area contributed by atoms with E-state index in [1.807, 2.05) is 0 Å². The van der Waals surface area contributed by atoms with Crippen molar-refractivity contribution in [2.45, 2.75) is 0 Å². The summed E-state index contributed by atoms with van der Waals surface area (Å²) in [6.45, 7) is 0. The van der Waals surface area contributed by atoms with E-state index in [0.717, 1.165) is 18.2 Å². The molecule has 15 heavy (non-hydrogen) atoms. The first kappa shape index (κ1) is 9.51. The number of anilines is 1. The summed E-state index contributed by atoms with van der Waals surface area (Å²) in [5.74, 6) is -0.941. The molecule has 5 heteroatoms. The molecule has 1 heterocycles. The zero-order chi connectivity index (χ0) is 10.8. The molecular weight excluding hydrogens is 200 g/mol. The van der Waals surface area contributed by atoms with Crippen LogP contribution in [0.1, 0.15) is 0 Å². The van der Waals surface area contributed by atoms with Gasteiger partial charge in [-0.15, -0.1) is 0 Å². The van der Waals surface area contributed by atoms with Crippen LogP contribution in [-0.2, 0) is 0 Å². The number of nitrogens with zero attached hydrogens (tertiary/aromatic N) is 2. The van der Waals surface area contributed by atoms with Crippen LogP contribution in [0.25, 0.3) is 11.1 Å². The van der Waals surface area contributed by atoms with Crippen molar-refractivity contribution >= 4 is 5.95 Å². The van der Waals surface area contributed by atoms with Gasteiger partial charge in [-0.2, -0.15) is 0 Å². The highest BCUT2D eigenvalue weighted by atomic mass is 19.1. The van der Waals surface area contributed by atoms with Gasteiger partial charge in [0.25, 0.3) is 0 Å². The summed E-state index contributed by atoms with van der Waals surface area (Å²) in [7, 11) is 0. The predicted molar refractivity (Wildman–Crippen MR) is 51.8 cm³/mol. The Bertz CT molecular complexity index is 483. The summed E-state index contributed by atoms with van der Waals surface area (Å²) in [5, 5.41) is 0. The molecule has 0 aliphatic carbocycles. The molecule has 0 radical (unpaired) electrons. The lowest BCUT2D eigenvalue weighted by molar-refractivity contribution is 0.603. The monoisotopic (exact) mass is 207 g/mol. The number of aromatic nitrogens is 2. The van der Waals surface area contributed by atoms with Crippen molar-refractivity contribution in [2.75, 3.05) is 5.73 Å². The van der Waals surface area contributed by atoms with Gasteiger partial charge in [0.15, 0.2) is 0 Å². The Morgan fingerprint density at radius 1 is 1.07 bits per heavy atom. The zero-order valence-corrected chi connectivity index (χ0v) is 7.61. The molecule has 0 saturated carbocycles. The first-order valence-electron chi connectivity index (χ1n) is 4.20. The minimum Gasteiger partial charge on any atom is -0.368 e. The van der Waals surface area contributed by atoms with E-state index < -0.39 is 11.6 Å². The van der Waals surface area contributed by atoms with Crippen LogP contribution in [0.15, 0.2) is 30.6 Å². The van der Waals surface area contributed by atoms with Crippen LogP contribution in [-0.4, -0.2) is 9.97 Å². The third-order valence-corrected chi connectivity index (χ3v) is 1.91. The highest BCUT2D eigenvalue weighted by molar-refractivity contribution is 5.62. The average Bonchev–Trinajstić information content (AvgIpc) is 2.23. The summed E-state index contributed by atoms with van der Waals surface area (Å²) in [6.07, 6.45) is 2.69. The Kier molecular flexibility index (Phi) is 2.29. The van der Waals surface area contributed by atoms with Gasteiger partial charge in [0, 0.05) is 23.5 Å². The number of halogens is 2. The SMILES string of the molecule is Nc1ncc(-c2cc(F)ccc2F)cn1. The number of hydrogen-bond acceptors (Lipinski definition) is 3. The summed E-state index contributed by atoms with van der Waals surface area (Å²) in [5.41, 5.74) is 5.79. The third kappa shape index (κ3) is 1.90. The minimum absolute atomic E-state index is 0.0931. The highest BCUT2D eigenvalue weighted by Gasteiger charge is 2.06. The molecule has 0 fully saturated rings. The lowest BCUT2D eigenvalue weighted by Gasteiger charge is -2.02. The lowest BCUT2D eigenvalue weighted by Crippen LogP contribution is -1.94. The summed E-state index contributed by atoms with van der Waals surface area (Å²) >= 11 is 0. The maximum atomic E-state index is 13.3. The molecule has 2 rings (SSSR count). The van der Waals surface area contributed by atoms with Crippen LogP contribution in [0, 0.1) is 11.6 Å². The van der Waals surface area contributed by atoms with Crippen LogP contribution in [0.5, 0.6) is 0 Å². The Hall–Kier alpha value is -2.04. The highest BCUT2D eigenvalue weighted by Crippen LogP contribution is 2.22. The molecule has 2 N–H and O–H groups in total. The van der Waals surface area contributed by atoms with Gasteiger partial charge < -0.3 is 5.73 Å². The van der Waals surface area contributed by atoms with E-state index in [0.29, 0.717) is 5.56 Å². The molecule has 0 saturated heterocycles. The van der Waals surface area contributed by atoms with Crippen molar-refractivity contribution in [3.05, 3.63) is 42.2 Å². The number of hydrogen-bond donors (Lipinski definition) is 1. The van der Waals surface area contributed by atoms with E-state index in [4.69, 9.17) is 5.73 Å². The molecular formula is C10H7F2N3. The maximum Gasteiger partial charge on any atom is 0.219 e.